The molecule has 0 saturated carbocycles. The average molecular weight is 342 g/mol. The highest BCUT2D eigenvalue weighted by atomic mass is 19.2. The first kappa shape index (κ1) is 15.7. The summed E-state index contributed by atoms with van der Waals surface area (Å²) in [7, 11) is 0. The molecule has 1 aliphatic rings. The molecule has 0 bridgehead atoms. The molecule has 4 N–H and O–H groups in total. The van der Waals surface area contributed by atoms with Crippen molar-refractivity contribution in [2.45, 2.75) is 18.5 Å². The highest BCUT2D eigenvalue weighted by Crippen LogP contribution is 2.27. The van der Waals surface area contributed by atoms with Gasteiger partial charge in [-0.1, -0.05) is 30.3 Å². The summed E-state index contributed by atoms with van der Waals surface area (Å²) in [5.74, 6) is -2.12. The molecule has 3 aromatic rings. The summed E-state index contributed by atoms with van der Waals surface area (Å²) in [6.45, 7) is 0. The monoisotopic (exact) mass is 342 g/mol. The van der Waals surface area contributed by atoms with E-state index in [1.807, 2.05) is 30.3 Å². The summed E-state index contributed by atoms with van der Waals surface area (Å²) < 4.78 is 26.7. The van der Waals surface area contributed by atoms with E-state index >= 15 is 0 Å². The largest absolute Gasteiger partial charge is 0.359 e. The van der Waals surface area contributed by atoms with E-state index in [1.54, 1.807) is 0 Å². The Balaban J connectivity index is 1.49. The molecule has 1 fully saturated rings. The third-order valence-corrected chi connectivity index (χ3v) is 4.40. The number of rotatable bonds is 3. The lowest BCUT2D eigenvalue weighted by molar-refractivity contribution is -0.117. The van der Waals surface area contributed by atoms with Gasteiger partial charge in [-0.3, -0.25) is 4.79 Å². The van der Waals surface area contributed by atoms with Gasteiger partial charge in [0.2, 0.25) is 5.91 Å². The second-order valence-electron chi connectivity index (χ2n) is 6.04. The Labute approximate surface area is 142 Å². The molecule has 5 nitrogen and oxygen atoms in total. The van der Waals surface area contributed by atoms with Crippen molar-refractivity contribution in [1.82, 2.24) is 15.8 Å². The minimum absolute atomic E-state index is 0.0338. The van der Waals surface area contributed by atoms with Gasteiger partial charge in [0, 0.05) is 23.7 Å². The van der Waals surface area contributed by atoms with E-state index in [9.17, 15) is 13.6 Å². The number of amides is 1. The van der Waals surface area contributed by atoms with Gasteiger partial charge in [0.25, 0.3) is 0 Å². The van der Waals surface area contributed by atoms with Gasteiger partial charge in [0.05, 0.1) is 11.2 Å². The smallest absolute Gasteiger partial charge is 0.242 e. The van der Waals surface area contributed by atoms with Crippen molar-refractivity contribution in [3.05, 3.63) is 65.9 Å². The number of halogens is 2. The Bertz CT molecular complexity index is 925. The number of fused-ring (bicyclic) bond motifs is 1. The number of aromatic amines is 1. The van der Waals surface area contributed by atoms with Crippen LogP contribution in [0.15, 0.2) is 48.7 Å². The topological polar surface area (TPSA) is 69.0 Å². The van der Waals surface area contributed by atoms with Gasteiger partial charge in [0.1, 0.15) is 6.04 Å². The minimum atomic E-state index is -0.951. The van der Waals surface area contributed by atoms with Crippen molar-refractivity contribution in [3.63, 3.8) is 0 Å². The van der Waals surface area contributed by atoms with E-state index < -0.39 is 17.7 Å². The van der Waals surface area contributed by atoms with E-state index in [-0.39, 0.29) is 11.9 Å². The molecule has 1 saturated heterocycles. The van der Waals surface area contributed by atoms with Crippen molar-refractivity contribution in [2.24, 2.45) is 0 Å². The molecule has 7 heteroatoms. The van der Waals surface area contributed by atoms with Crippen LogP contribution < -0.4 is 16.2 Å². The second-order valence-corrected chi connectivity index (χ2v) is 6.04. The molecule has 2 unspecified atom stereocenters. The number of carbonyl (C=O) groups is 1. The van der Waals surface area contributed by atoms with E-state index in [1.165, 1.54) is 6.20 Å². The number of nitrogens with one attached hydrogen (secondary N) is 4. The Kier molecular flexibility index (Phi) is 3.95. The molecule has 25 heavy (non-hydrogen) atoms. The standard InChI is InChI=1S/C18H16F2N4O/c19-12-6-11-15(7-13(12)20)21-9-17(11)22-18(25)16-8-14(23-24-16)10-4-2-1-3-5-10/h1-7,9,14,16,21,23-24H,8H2,(H,22,25). The van der Waals surface area contributed by atoms with Crippen molar-refractivity contribution in [3.8, 4) is 0 Å². The second kappa shape index (κ2) is 6.27. The Morgan fingerprint density at radius 1 is 1.08 bits per heavy atom. The summed E-state index contributed by atoms with van der Waals surface area (Å²) in [4.78, 5) is 15.3. The van der Waals surface area contributed by atoms with Gasteiger partial charge in [0.15, 0.2) is 11.6 Å². The third-order valence-electron chi connectivity index (χ3n) is 4.40. The van der Waals surface area contributed by atoms with Crippen molar-refractivity contribution < 1.29 is 13.6 Å². The van der Waals surface area contributed by atoms with Crippen LogP contribution in [-0.2, 0) is 4.79 Å². The number of hydrazine groups is 1. The third kappa shape index (κ3) is 2.99. The fourth-order valence-corrected chi connectivity index (χ4v) is 3.07. The summed E-state index contributed by atoms with van der Waals surface area (Å²) in [6.07, 6.45) is 2.11. The fourth-order valence-electron chi connectivity index (χ4n) is 3.07. The van der Waals surface area contributed by atoms with Gasteiger partial charge >= 0.3 is 0 Å². The molecule has 128 valence electrons. The first-order valence-corrected chi connectivity index (χ1v) is 7.95. The van der Waals surface area contributed by atoms with Crippen LogP contribution in [0.3, 0.4) is 0 Å². The molecule has 0 aliphatic carbocycles. The normalized spacial score (nSPS) is 20.1. The molecule has 2 atom stereocenters. The quantitative estimate of drug-likeness (QED) is 0.591. The molecule has 1 aliphatic heterocycles. The van der Waals surface area contributed by atoms with E-state index in [4.69, 9.17) is 0 Å². The van der Waals surface area contributed by atoms with E-state index in [2.05, 4.69) is 21.2 Å². The fraction of sp³-hybridized carbons (Fsp3) is 0.167. The van der Waals surface area contributed by atoms with Crippen LogP contribution in [0.2, 0.25) is 0 Å². The van der Waals surface area contributed by atoms with Crippen LogP contribution in [0.4, 0.5) is 14.5 Å². The van der Waals surface area contributed by atoms with Crippen LogP contribution >= 0.6 is 0 Å². The molecule has 0 spiro atoms. The maximum atomic E-state index is 13.5. The van der Waals surface area contributed by atoms with Crippen LogP contribution in [0.25, 0.3) is 10.9 Å². The Hall–Kier alpha value is -2.77. The van der Waals surface area contributed by atoms with Crippen LogP contribution in [0.1, 0.15) is 18.0 Å². The van der Waals surface area contributed by atoms with Gasteiger partial charge in [-0.2, -0.15) is 0 Å². The number of hydrogen-bond acceptors (Lipinski definition) is 3. The number of H-pyrrole nitrogens is 1. The number of benzene rings is 2. The van der Waals surface area contributed by atoms with Crippen LogP contribution in [-0.4, -0.2) is 16.9 Å². The number of hydrogen-bond donors (Lipinski definition) is 4. The lowest BCUT2D eigenvalue weighted by Gasteiger charge is -2.10. The minimum Gasteiger partial charge on any atom is -0.359 e. The number of carbonyl (C=O) groups excluding carboxylic acids is 1. The lowest BCUT2D eigenvalue weighted by Crippen LogP contribution is -2.39. The molecule has 1 aromatic heterocycles. The van der Waals surface area contributed by atoms with Crippen molar-refractivity contribution in [1.29, 1.82) is 0 Å². The molecule has 2 aromatic carbocycles. The Morgan fingerprint density at radius 3 is 2.64 bits per heavy atom. The lowest BCUT2D eigenvalue weighted by atomic mass is 10.0. The summed E-state index contributed by atoms with van der Waals surface area (Å²) in [5, 5.41) is 3.19. The van der Waals surface area contributed by atoms with Gasteiger partial charge in [-0.15, -0.1) is 0 Å². The zero-order valence-corrected chi connectivity index (χ0v) is 13.1. The highest BCUT2D eigenvalue weighted by Gasteiger charge is 2.30. The van der Waals surface area contributed by atoms with Gasteiger partial charge in [-0.25, -0.2) is 19.6 Å². The van der Waals surface area contributed by atoms with Crippen LogP contribution in [0.5, 0.6) is 0 Å². The average Bonchev–Trinajstić information content (AvgIpc) is 3.25. The zero-order chi connectivity index (χ0) is 17.4. The van der Waals surface area contributed by atoms with E-state index in [0.29, 0.717) is 23.0 Å². The first-order chi connectivity index (χ1) is 12.1. The summed E-state index contributed by atoms with van der Waals surface area (Å²) in [5.41, 5.74) is 8.03. The molecule has 1 amide bonds. The van der Waals surface area contributed by atoms with Gasteiger partial charge < -0.3 is 10.3 Å². The maximum Gasteiger partial charge on any atom is 0.242 e. The number of aromatic nitrogens is 1. The highest BCUT2D eigenvalue weighted by molar-refractivity contribution is 6.03. The van der Waals surface area contributed by atoms with Gasteiger partial charge in [-0.05, 0) is 18.1 Å². The molecular formula is C18H16F2N4O. The van der Waals surface area contributed by atoms with Crippen molar-refractivity contribution >= 4 is 22.5 Å². The zero-order valence-electron chi connectivity index (χ0n) is 13.1. The molecule has 0 radical (unpaired) electrons. The van der Waals surface area contributed by atoms with E-state index in [0.717, 1.165) is 17.7 Å². The summed E-state index contributed by atoms with van der Waals surface area (Å²) in [6, 6.07) is 11.6. The molecule has 4 rings (SSSR count). The SMILES string of the molecule is O=C(Nc1c[nH]c2cc(F)c(F)cc12)C1CC(c2ccccc2)NN1. The predicted octanol–water partition coefficient (Wildman–Crippen LogP) is 2.99. The summed E-state index contributed by atoms with van der Waals surface area (Å²) >= 11 is 0. The first-order valence-electron chi connectivity index (χ1n) is 7.95. The molecular weight excluding hydrogens is 326 g/mol. The predicted molar refractivity (Wildman–Crippen MR) is 90.7 cm³/mol. The molecule has 2 heterocycles. The maximum absolute atomic E-state index is 13.5. The Morgan fingerprint density at radius 2 is 1.84 bits per heavy atom. The number of anilines is 1. The van der Waals surface area contributed by atoms with Crippen molar-refractivity contribution in [2.75, 3.05) is 5.32 Å². The van der Waals surface area contributed by atoms with Crippen LogP contribution in [0, 0.1) is 11.6 Å².